The molecule has 0 bridgehead atoms. The van der Waals surface area contributed by atoms with Gasteiger partial charge in [-0.15, -0.1) is 0 Å². The quantitative estimate of drug-likeness (QED) is 0.0674. The Kier molecular flexibility index (Phi) is 12.4. The summed E-state index contributed by atoms with van der Waals surface area (Å²) < 4.78 is 0.975. The van der Waals surface area contributed by atoms with Crippen molar-refractivity contribution in [2.24, 2.45) is 10.8 Å². The fourth-order valence-electron chi connectivity index (χ4n) is 3.09. The van der Waals surface area contributed by atoms with Crippen molar-refractivity contribution >= 4 is 82.3 Å². The van der Waals surface area contributed by atoms with E-state index in [-0.39, 0.29) is 22.2 Å². The zero-order valence-corrected chi connectivity index (χ0v) is 24.4. The molecule has 0 atom stereocenters. The summed E-state index contributed by atoms with van der Waals surface area (Å²) in [6.07, 6.45) is 1.64. The van der Waals surface area contributed by atoms with Gasteiger partial charge in [-0.25, -0.2) is 0 Å². The molecule has 3 nitrogen and oxygen atoms in total. The van der Waals surface area contributed by atoms with E-state index in [1.54, 1.807) is 6.21 Å². The number of hydrazone groups is 1. The second-order valence-electron chi connectivity index (χ2n) is 6.85. The number of hydrogen-bond donors (Lipinski definition) is 2. The van der Waals surface area contributed by atoms with Crippen molar-refractivity contribution in [3.8, 4) is 0 Å². The van der Waals surface area contributed by atoms with Crippen LogP contribution in [0.5, 0.6) is 0 Å². The minimum absolute atomic E-state index is 0. The molecule has 0 amide bonds. The van der Waals surface area contributed by atoms with Crippen LogP contribution in [0.2, 0.25) is 0 Å². The number of rotatable bonds is 5. The van der Waals surface area contributed by atoms with Gasteiger partial charge in [0.15, 0.2) is 32.1 Å². The normalized spacial score (nSPS) is 10.5. The van der Waals surface area contributed by atoms with Gasteiger partial charge in [0.25, 0.3) is 0 Å². The van der Waals surface area contributed by atoms with E-state index in [1.165, 1.54) is 15.9 Å². The Hall–Kier alpha value is -1.60. The second kappa shape index (κ2) is 14.7. The van der Waals surface area contributed by atoms with Gasteiger partial charge in [0.05, 0.1) is 6.21 Å². The topological polar surface area (TPSA) is 50.4 Å². The fraction of sp³-hybridized carbons (Fsp3) is 0. The van der Waals surface area contributed by atoms with E-state index in [0.29, 0.717) is 0 Å². The first-order valence-corrected chi connectivity index (χ1v) is 15.9. The van der Waals surface area contributed by atoms with Crippen molar-refractivity contribution in [2.45, 2.75) is 0 Å². The summed E-state index contributed by atoms with van der Waals surface area (Å²) in [7, 11) is 0. The number of nitrogens with one attached hydrogen (secondary N) is 1. The summed E-state index contributed by atoms with van der Waals surface area (Å²) in [6, 6.07) is 40.3. The van der Waals surface area contributed by atoms with Gasteiger partial charge in [-0.1, -0.05) is 88.7 Å². The number of benzene rings is 4. The van der Waals surface area contributed by atoms with Crippen LogP contribution in [0, 0.1) is 0 Å². The maximum Gasteiger partial charge on any atom is 0.184 e. The minimum Gasteiger partial charge on any atom is -0.375 e. The molecule has 177 valence electrons. The average Bonchev–Trinajstić information content (AvgIpc) is 2.86. The average molecular weight is 711 g/mol. The molecule has 0 spiro atoms. The first kappa shape index (κ1) is 28.6. The minimum atomic E-state index is -1.56. The van der Waals surface area contributed by atoms with Gasteiger partial charge < -0.3 is 5.73 Å². The number of nitrogens with zero attached hydrogens (tertiary/aromatic N) is 1. The number of thiocarbonyl (C=S) groups is 1. The molecule has 8 heteroatoms. The van der Waals surface area contributed by atoms with E-state index in [4.69, 9.17) is 5.73 Å². The van der Waals surface area contributed by atoms with Crippen LogP contribution in [0.15, 0.2) is 125 Å². The fourth-order valence-corrected chi connectivity index (χ4v) is 9.07. The molecule has 0 saturated heterocycles. The SMILES string of the molecule is I[P+](c1ccccc1)(c1ccccc1)c1ccccc1.NC(=S)NN=Cc1ccccc1Br.[Cu]. The van der Waals surface area contributed by atoms with Gasteiger partial charge in [0.2, 0.25) is 0 Å². The van der Waals surface area contributed by atoms with Crippen LogP contribution in [0.4, 0.5) is 0 Å². The van der Waals surface area contributed by atoms with Crippen LogP contribution in [0.1, 0.15) is 5.56 Å². The van der Waals surface area contributed by atoms with E-state index in [0.717, 1.165) is 10.0 Å². The molecule has 4 aromatic carbocycles. The number of halogens is 2. The molecule has 4 rings (SSSR count). The molecule has 0 aliphatic rings. The molecule has 0 unspecified atom stereocenters. The van der Waals surface area contributed by atoms with E-state index in [9.17, 15) is 0 Å². The molecule has 0 fully saturated rings. The molecule has 0 aliphatic carbocycles. The van der Waals surface area contributed by atoms with Gasteiger partial charge in [-0.05, 0) is 54.7 Å². The van der Waals surface area contributed by atoms with Crippen molar-refractivity contribution in [3.63, 3.8) is 0 Å². The van der Waals surface area contributed by atoms with Crippen LogP contribution in [0.3, 0.4) is 0 Å². The van der Waals surface area contributed by atoms with Crippen molar-refractivity contribution in [3.05, 3.63) is 125 Å². The maximum atomic E-state index is 5.19. The first-order valence-electron chi connectivity index (χ1n) is 10.1. The van der Waals surface area contributed by atoms with Crippen LogP contribution in [0.25, 0.3) is 0 Å². The van der Waals surface area contributed by atoms with Crippen molar-refractivity contribution in [2.75, 3.05) is 0 Å². The molecule has 3 N–H and O–H groups in total. The number of hydrogen-bond acceptors (Lipinski definition) is 2. The second-order valence-corrected chi connectivity index (χ2v) is 15.2. The van der Waals surface area contributed by atoms with Gasteiger partial charge in [-0.2, -0.15) is 5.10 Å². The standard InChI is InChI=1S/C18H15IP.C8H8BrN3S.Cu/c19-20(16-10-4-1-5-11-16,17-12-6-2-7-13-17)18-14-8-3-9-15-18;9-7-4-2-1-3-6(7)5-11-12-8(10)13;/h1-15H;1-5H,(H3,10,12,13);/q+1;;. The molecule has 4 aromatic rings. The van der Waals surface area contributed by atoms with Gasteiger partial charge in [0, 0.05) is 27.1 Å². The Balaban J connectivity index is 0.000000256. The van der Waals surface area contributed by atoms with E-state index in [1.807, 2.05) is 24.3 Å². The zero-order chi connectivity index (χ0) is 23.5. The third-order valence-corrected chi connectivity index (χ3v) is 13.5. The molecule has 0 aliphatic heterocycles. The van der Waals surface area contributed by atoms with Crippen molar-refractivity contribution < 1.29 is 17.1 Å². The molecular formula is C26H23BrCuIN3PS+. The summed E-state index contributed by atoms with van der Waals surface area (Å²) in [6.45, 7) is 0. The van der Waals surface area contributed by atoms with Crippen LogP contribution >= 0.6 is 55.1 Å². The van der Waals surface area contributed by atoms with Crippen LogP contribution in [-0.2, 0) is 17.1 Å². The third-order valence-electron chi connectivity index (χ3n) is 4.62. The number of nitrogens with two attached hydrogens (primary N) is 1. The summed E-state index contributed by atoms with van der Waals surface area (Å²) in [5, 5.41) is 8.23. The van der Waals surface area contributed by atoms with Gasteiger partial charge in [-0.3, -0.25) is 5.43 Å². The third kappa shape index (κ3) is 7.97. The molecule has 0 heterocycles. The summed E-state index contributed by atoms with van der Waals surface area (Å²) in [4.78, 5) is -1.56. The predicted molar refractivity (Wildman–Crippen MR) is 161 cm³/mol. The maximum absolute atomic E-state index is 5.19. The van der Waals surface area contributed by atoms with Gasteiger partial charge in [0.1, 0.15) is 15.9 Å². The van der Waals surface area contributed by atoms with E-state index >= 15 is 0 Å². The van der Waals surface area contributed by atoms with E-state index in [2.05, 4.69) is 152 Å². The predicted octanol–water partition coefficient (Wildman–Crippen LogP) is 5.94. The summed E-state index contributed by atoms with van der Waals surface area (Å²) >= 11 is 10.6. The Morgan fingerprint density at radius 2 is 1.15 bits per heavy atom. The Bertz CT molecular complexity index is 1100. The Morgan fingerprint density at radius 3 is 1.53 bits per heavy atom. The van der Waals surface area contributed by atoms with Crippen LogP contribution < -0.4 is 27.1 Å². The largest absolute Gasteiger partial charge is 0.375 e. The smallest absolute Gasteiger partial charge is 0.184 e. The van der Waals surface area contributed by atoms with Crippen LogP contribution in [-0.4, -0.2) is 11.3 Å². The van der Waals surface area contributed by atoms with Crippen molar-refractivity contribution in [1.82, 2.24) is 5.43 Å². The van der Waals surface area contributed by atoms with Gasteiger partial charge >= 0.3 is 0 Å². The molecular weight excluding hydrogens is 688 g/mol. The summed E-state index contributed by atoms with van der Waals surface area (Å²) in [5.74, 6) is 0. The Labute approximate surface area is 239 Å². The molecule has 1 radical (unpaired) electrons. The van der Waals surface area contributed by atoms with Crippen molar-refractivity contribution in [1.29, 1.82) is 0 Å². The molecule has 0 aromatic heterocycles. The zero-order valence-electron chi connectivity index (χ0n) is 18.0. The van der Waals surface area contributed by atoms with E-state index < -0.39 is 4.90 Å². The monoisotopic (exact) mass is 709 g/mol. The Morgan fingerprint density at radius 1 is 0.765 bits per heavy atom. The summed E-state index contributed by atoms with van der Waals surface area (Å²) in [5.41, 5.74) is 8.63. The molecule has 34 heavy (non-hydrogen) atoms. The molecule has 0 saturated carbocycles. The first-order chi connectivity index (χ1) is 16.0.